The molecule has 4 unspecified atom stereocenters. The summed E-state index contributed by atoms with van der Waals surface area (Å²) in [4.78, 5) is 0. The fourth-order valence-electron chi connectivity index (χ4n) is 3.04. The van der Waals surface area contributed by atoms with Gasteiger partial charge >= 0.3 is 6.36 Å². The van der Waals surface area contributed by atoms with Gasteiger partial charge in [0, 0.05) is 0 Å². The molecular formula is C16H21F3O2. The van der Waals surface area contributed by atoms with Crippen molar-refractivity contribution in [1.82, 2.24) is 0 Å². The van der Waals surface area contributed by atoms with E-state index in [1.165, 1.54) is 18.2 Å². The van der Waals surface area contributed by atoms with Gasteiger partial charge in [0.15, 0.2) is 0 Å². The number of hydrogen-bond donors (Lipinski definition) is 1. The highest BCUT2D eigenvalue weighted by molar-refractivity contribution is 5.30. The first-order chi connectivity index (χ1) is 9.76. The molecule has 0 aromatic heterocycles. The van der Waals surface area contributed by atoms with Crippen LogP contribution in [0.1, 0.15) is 44.8 Å². The first-order valence-corrected chi connectivity index (χ1v) is 7.30. The highest BCUT2D eigenvalue weighted by Crippen LogP contribution is 2.40. The highest BCUT2D eigenvalue weighted by Gasteiger charge is 2.32. The van der Waals surface area contributed by atoms with Gasteiger partial charge in [-0.3, -0.25) is 0 Å². The minimum Gasteiger partial charge on any atom is -0.406 e. The molecule has 5 heteroatoms. The van der Waals surface area contributed by atoms with E-state index in [0.29, 0.717) is 17.4 Å². The molecule has 1 aromatic carbocycles. The van der Waals surface area contributed by atoms with Crippen LogP contribution in [-0.4, -0.2) is 11.5 Å². The normalized spacial score (nSPS) is 28.2. The molecule has 0 heterocycles. The molecule has 2 rings (SSSR count). The SMILES string of the molecule is CC1CCC(C(O)c2cccc(OC(F)(F)F)c2)CC1C. The van der Waals surface area contributed by atoms with Crippen molar-refractivity contribution >= 4 is 0 Å². The van der Waals surface area contributed by atoms with Gasteiger partial charge in [-0.05, 0) is 48.3 Å². The maximum Gasteiger partial charge on any atom is 0.573 e. The Kier molecular flexibility index (Phi) is 4.81. The van der Waals surface area contributed by atoms with Crippen LogP contribution in [0.4, 0.5) is 13.2 Å². The molecular weight excluding hydrogens is 281 g/mol. The summed E-state index contributed by atoms with van der Waals surface area (Å²) in [7, 11) is 0. The van der Waals surface area contributed by atoms with Crippen LogP contribution in [0, 0.1) is 17.8 Å². The summed E-state index contributed by atoms with van der Waals surface area (Å²) in [6.45, 7) is 4.36. The molecule has 21 heavy (non-hydrogen) atoms. The van der Waals surface area contributed by atoms with E-state index in [-0.39, 0.29) is 11.7 Å². The zero-order chi connectivity index (χ0) is 15.6. The summed E-state index contributed by atoms with van der Waals surface area (Å²) < 4.78 is 40.6. The Hall–Kier alpha value is -1.23. The molecule has 0 bridgehead atoms. The van der Waals surface area contributed by atoms with Crippen molar-refractivity contribution in [3.8, 4) is 5.75 Å². The lowest BCUT2D eigenvalue weighted by atomic mass is 9.73. The minimum atomic E-state index is -4.71. The average Bonchev–Trinajstić information content (AvgIpc) is 2.39. The van der Waals surface area contributed by atoms with Crippen LogP contribution < -0.4 is 4.74 Å². The van der Waals surface area contributed by atoms with Gasteiger partial charge in [-0.25, -0.2) is 0 Å². The number of rotatable bonds is 3. The maximum absolute atomic E-state index is 12.2. The van der Waals surface area contributed by atoms with E-state index >= 15 is 0 Å². The third-order valence-corrected chi connectivity index (χ3v) is 4.52. The van der Waals surface area contributed by atoms with Crippen molar-refractivity contribution in [3.63, 3.8) is 0 Å². The molecule has 4 atom stereocenters. The van der Waals surface area contributed by atoms with Crippen molar-refractivity contribution in [2.75, 3.05) is 0 Å². The Morgan fingerprint density at radius 1 is 1.19 bits per heavy atom. The third-order valence-electron chi connectivity index (χ3n) is 4.52. The smallest absolute Gasteiger partial charge is 0.406 e. The fraction of sp³-hybridized carbons (Fsp3) is 0.625. The Bertz CT molecular complexity index is 473. The van der Waals surface area contributed by atoms with Gasteiger partial charge in [0.05, 0.1) is 6.10 Å². The van der Waals surface area contributed by atoms with Crippen LogP contribution >= 0.6 is 0 Å². The Morgan fingerprint density at radius 3 is 2.52 bits per heavy atom. The van der Waals surface area contributed by atoms with Crippen molar-refractivity contribution in [2.45, 2.75) is 45.6 Å². The summed E-state index contributed by atoms with van der Waals surface area (Å²) >= 11 is 0. The molecule has 1 aromatic rings. The number of aliphatic hydroxyl groups excluding tert-OH is 1. The number of ether oxygens (including phenoxy) is 1. The predicted molar refractivity (Wildman–Crippen MR) is 73.8 cm³/mol. The topological polar surface area (TPSA) is 29.5 Å². The predicted octanol–water partition coefficient (Wildman–Crippen LogP) is 4.69. The monoisotopic (exact) mass is 302 g/mol. The Balaban J connectivity index is 2.09. The number of benzene rings is 1. The van der Waals surface area contributed by atoms with E-state index in [0.717, 1.165) is 19.3 Å². The van der Waals surface area contributed by atoms with Gasteiger partial charge in [0.1, 0.15) is 5.75 Å². The second kappa shape index (κ2) is 6.26. The summed E-state index contributed by atoms with van der Waals surface area (Å²) in [5.74, 6) is 0.968. The van der Waals surface area contributed by atoms with Crippen LogP contribution in [0.25, 0.3) is 0 Å². The van der Waals surface area contributed by atoms with Gasteiger partial charge in [-0.2, -0.15) is 0 Å². The molecule has 0 spiro atoms. The third kappa shape index (κ3) is 4.37. The number of alkyl halides is 3. The van der Waals surface area contributed by atoms with E-state index < -0.39 is 12.5 Å². The molecule has 1 N–H and O–H groups in total. The molecule has 1 aliphatic rings. The molecule has 1 fully saturated rings. The zero-order valence-electron chi connectivity index (χ0n) is 12.2. The Morgan fingerprint density at radius 2 is 1.90 bits per heavy atom. The summed E-state index contributed by atoms with van der Waals surface area (Å²) in [6, 6.07) is 5.65. The minimum absolute atomic E-state index is 0.0948. The first kappa shape index (κ1) is 16.1. The lowest BCUT2D eigenvalue weighted by Gasteiger charge is -2.34. The molecule has 2 nitrogen and oxygen atoms in total. The molecule has 0 amide bonds. The van der Waals surface area contributed by atoms with Crippen molar-refractivity contribution in [1.29, 1.82) is 0 Å². The van der Waals surface area contributed by atoms with E-state index in [1.54, 1.807) is 6.07 Å². The fourth-order valence-corrected chi connectivity index (χ4v) is 3.04. The average molecular weight is 302 g/mol. The highest BCUT2D eigenvalue weighted by atomic mass is 19.4. The van der Waals surface area contributed by atoms with Crippen molar-refractivity contribution in [3.05, 3.63) is 29.8 Å². The van der Waals surface area contributed by atoms with Gasteiger partial charge in [0.25, 0.3) is 0 Å². The largest absolute Gasteiger partial charge is 0.573 e. The van der Waals surface area contributed by atoms with Crippen LogP contribution in [0.3, 0.4) is 0 Å². The van der Waals surface area contributed by atoms with Gasteiger partial charge < -0.3 is 9.84 Å². The number of aliphatic hydroxyl groups is 1. The van der Waals surface area contributed by atoms with E-state index in [1.807, 2.05) is 0 Å². The second-order valence-electron chi connectivity index (χ2n) is 6.09. The standard InChI is InChI=1S/C16H21F3O2/c1-10-6-7-13(8-11(10)2)15(20)12-4-3-5-14(9-12)21-16(17,18)19/h3-5,9-11,13,15,20H,6-8H2,1-2H3. The first-order valence-electron chi connectivity index (χ1n) is 7.30. The molecule has 0 aliphatic heterocycles. The van der Waals surface area contributed by atoms with Gasteiger partial charge in [-0.1, -0.05) is 32.4 Å². The molecule has 1 saturated carbocycles. The van der Waals surface area contributed by atoms with Crippen LogP contribution in [0.15, 0.2) is 24.3 Å². The van der Waals surface area contributed by atoms with Crippen molar-refractivity contribution < 1.29 is 23.0 Å². The molecule has 1 aliphatic carbocycles. The Labute approximate surface area is 122 Å². The lowest BCUT2D eigenvalue weighted by molar-refractivity contribution is -0.274. The lowest BCUT2D eigenvalue weighted by Crippen LogP contribution is -2.25. The number of hydrogen-bond acceptors (Lipinski definition) is 2. The van der Waals surface area contributed by atoms with Gasteiger partial charge in [0.2, 0.25) is 0 Å². The number of halogens is 3. The summed E-state index contributed by atoms with van der Waals surface area (Å²) in [6.07, 6.45) is -2.61. The quantitative estimate of drug-likeness (QED) is 0.877. The van der Waals surface area contributed by atoms with Crippen LogP contribution in [0.2, 0.25) is 0 Å². The molecule has 0 saturated heterocycles. The van der Waals surface area contributed by atoms with Crippen molar-refractivity contribution in [2.24, 2.45) is 17.8 Å². The van der Waals surface area contributed by atoms with Crippen LogP contribution in [-0.2, 0) is 0 Å². The maximum atomic E-state index is 12.2. The molecule has 118 valence electrons. The summed E-state index contributed by atoms with van der Waals surface area (Å²) in [5, 5.41) is 10.4. The molecule has 0 radical (unpaired) electrons. The van der Waals surface area contributed by atoms with Crippen LogP contribution in [0.5, 0.6) is 5.75 Å². The zero-order valence-corrected chi connectivity index (χ0v) is 12.2. The summed E-state index contributed by atoms with van der Waals surface area (Å²) in [5.41, 5.74) is 0.489. The van der Waals surface area contributed by atoms with E-state index in [4.69, 9.17) is 0 Å². The van der Waals surface area contributed by atoms with E-state index in [2.05, 4.69) is 18.6 Å². The second-order valence-corrected chi connectivity index (χ2v) is 6.09. The van der Waals surface area contributed by atoms with Gasteiger partial charge in [-0.15, -0.1) is 13.2 Å². The van der Waals surface area contributed by atoms with E-state index in [9.17, 15) is 18.3 Å².